The molecule has 0 aliphatic carbocycles. The highest BCUT2D eigenvalue weighted by Gasteiger charge is 2.33. The molecule has 1 aromatic carbocycles. The lowest BCUT2D eigenvalue weighted by molar-refractivity contribution is -0.145. The first kappa shape index (κ1) is 24.0. The summed E-state index contributed by atoms with van der Waals surface area (Å²) in [5.74, 6) is -0.477. The molecule has 2 atom stereocenters. The Morgan fingerprint density at radius 1 is 1.18 bits per heavy atom. The Morgan fingerprint density at radius 3 is 2.25 bits per heavy atom. The molecule has 0 saturated heterocycles. The van der Waals surface area contributed by atoms with Gasteiger partial charge in [-0.3, -0.25) is 9.69 Å². The summed E-state index contributed by atoms with van der Waals surface area (Å²) in [5.41, 5.74) is -0.173. The second-order valence-corrected chi connectivity index (χ2v) is 8.30. The molecule has 1 N–H and O–H groups in total. The molecule has 9 heteroatoms. The van der Waals surface area contributed by atoms with E-state index in [0.29, 0.717) is 11.3 Å². The van der Waals surface area contributed by atoms with Gasteiger partial charge in [0.25, 0.3) is 0 Å². The summed E-state index contributed by atoms with van der Waals surface area (Å²) in [7, 11) is 4.26. The van der Waals surface area contributed by atoms with Gasteiger partial charge in [-0.25, -0.2) is 9.59 Å². The number of likely N-dealkylation sites (N-methyl/N-ethyl adjacent to an activating group) is 1. The Labute approximate surface area is 179 Å². The van der Waals surface area contributed by atoms with E-state index in [1.54, 1.807) is 46.1 Å². The zero-order valence-electron chi connectivity index (χ0n) is 17.2. The number of nitrogens with one attached hydrogen (secondary N) is 1. The van der Waals surface area contributed by atoms with Crippen molar-refractivity contribution >= 4 is 40.6 Å². The molecule has 0 unspecified atom stereocenters. The molecule has 28 heavy (non-hydrogen) atoms. The Hall–Kier alpha value is -2.04. The summed E-state index contributed by atoms with van der Waals surface area (Å²) in [6, 6.07) is 3.26. The Morgan fingerprint density at radius 2 is 1.79 bits per heavy atom. The third kappa shape index (κ3) is 6.54. The van der Waals surface area contributed by atoms with E-state index in [0.717, 1.165) is 3.57 Å². The maximum Gasteiger partial charge on any atom is 0.410 e. The van der Waals surface area contributed by atoms with Crippen LogP contribution in [0.1, 0.15) is 39.3 Å². The molecule has 2 amide bonds. The fraction of sp³-hybridized carbons (Fsp3) is 0.526. The molecule has 0 fully saturated rings. The van der Waals surface area contributed by atoms with Crippen molar-refractivity contribution in [1.82, 2.24) is 10.2 Å². The van der Waals surface area contributed by atoms with Crippen molar-refractivity contribution in [3.05, 3.63) is 27.3 Å². The van der Waals surface area contributed by atoms with Gasteiger partial charge >= 0.3 is 12.1 Å². The van der Waals surface area contributed by atoms with Crippen LogP contribution in [0.4, 0.5) is 4.79 Å². The van der Waals surface area contributed by atoms with E-state index in [2.05, 4.69) is 32.6 Å². The minimum atomic E-state index is -1.01. The number of hydrogen-bond acceptors (Lipinski definition) is 6. The van der Waals surface area contributed by atoms with Crippen LogP contribution in [0.3, 0.4) is 0 Å². The van der Waals surface area contributed by atoms with E-state index in [1.807, 2.05) is 0 Å². The second kappa shape index (κ2) is 9.94. The van der Waals surface area contributed by atoms with E-state index in [-0.39, 0.29) is 0 Å². The molecule has 0 aliphatic rings. The van der Waals surface area contributed by atoms with Gasteiger partial charge in [0.1, 0.15) is 23.4 Å². The van der Waals surface area contributed by atoms with Gasteiger partial charge in [0.05, 0.1) is 17.8 Å². The van der Waals surface area contributed by atoms with Crippen LogP contribution in [-0.4, -0.2) is 55.8 Å². The zero-order valence-corrected chi connectivity index (χ0v) is 19.3. The fourth-order valence-electron chi connectivity index (χ4n) is 2.37. The van der Waals surface area contributed by atoms with Crippen LogP contribution in [0.2, 0.25) is 0 Å². The Kier molecular flexibility index (Phi) is 8.52. The number of benzene rings is 1. The van der Waals surface area contributed by atoms with E-state index in [4.69, 9.17) is 9.47 Å². The number of amides is 2. The molecule has 1 rings (SSSR count). The first-order valence-corrected chi connectivity index (χ1v) is 9.66. The third-order valence-corrected chi connectivity index (χ3v) is 4.57. The summed E-state index contributed by atoms with van der Waals surface area (Å²) in [5, 5.41) is 2.58. The molecular formula is C19H27IN2O6. The molecule has 1 aromatic rings. The fourth-order valence-corrected chi connectivity index (χ4v) is 3.13. The number of methoxy groups -OCH3 is 2. The summed E-state index contributed by atoms with van der Waals surface area (Å²) < 4.78 is 16.1. The van der Waals surface area contributed by atoms with Crippen molar-refractivity contribution < 1.29 is 28.6 Å². The van der Waals surface area contributed by atoms with E-state index >= 15 is 0 Å². The molecular weight excluding hydrogens is 479 g/mol. The molecule has 0 spiro atoms. The Bertz CT molecular complexity index is 732. The topological polar surface area (TPSA) is 94.2 Å². The van der Waals surface area contributed by atoms with Gasteiger partial charge in [0, 0.05) is 7.05 Å². The van der Waals surface area contributed by atoms with E-state index < -0.39 is 35.7 Å². The highest BCUT2D eigenvalue weighted by molar-refractivity contribution is 14.1. The van der Waals surface area contributed by atoms with Gasteiger partial charge in [0.2, 0.25) is 5.91 Å². The minimum Gasteiger partial charge on any atom is -0.496 e. The molecule has 0 radical (unpaired) electrons. The molecule has 0 heterocycles. The summed E-state index contributed by atoms with van der Waals surface area (Å²) >= 11 is 2.08. The van der Waals surface area contributed by atoms with Crippen molar-refractivity contribution in [2.75, 3.05) is 21.3 Å². The smallest absolute Gasteiger partial charge is 0.410 e. The number of nitrogens with zero attached hydrogens (tertiary/aromatic N) is 1. The van der Waals surface area contributed by atoms with Crippen LogP contribution in [-0.2, 0) is 19.1 Å². The van der Waals surface area contributed by atoms with Gasteiger partial charge < -0.3 is 19.5 Å². The lowest BCUT2D eigenvalue weighted by Gasteiger charge is -2.31. The number of ether oxygens (including phenoxy) is 3. The van der Waals surface area contributed by atoms with Crippen molar-refractivity contribution in [2.24, 2.45) is 0 Å². The van der Waals surface area contributed by atoms with Gasteiger partial charge in [0.15, 0.2) is 0 Å². The maximum absolute atomic E-state index is 12.9. The summed E-state index contributed by atoms with van der Waals surface area (Å²) in [4.78, 5) is 38.4. The molecule has 0 bridgehead atoms. The number of halogens is 1. The average molecular weight is 506 g/mol. The first-order valence-electron chi connectivity index (χ1n) is 8.58. The molecule has 8 nitrogen and oxygen atoms in total. The van der Waals surface area contributed by atoms with Crippen molar-refractivity contribution in [3.63, 3.8) is 0 Å². The monoisotopic (exact) mass is 506 g/mol. The van der Waals surface area contributed by atoms with Gasteiger partial charge in [-0.15, -0.1) is 0 Å². The van der Waals surface area contributed by atoms with Crippen molar-refractivity contribution in [2.45, 2.75) is 45.4 Å². The van der Waals surface area contributed by atoms with E-state index in [9.17, 15) is 14.4 Å². The quantitative estimate of drug-likeness (QED) is 0.471. The normalized spacial score (nSPS) is 13.1. The largest absolute Gasteiger partial charge is 0.496 e. The van der Waals surface area contributed by atoms with Crippen LogP contribution in [0.25, 0.3) is 0 Å². The zero-order chi connectivity index (χ0) is 21.6. The van der Waals surface area contributed by atoms with Gasteiger partial charge in [-0.05, 0) is 68.0 Å². The first-order chi connectivity index (χ1) is 12.9. The molecule has 0 aliphatic heterocycles. The Balaban J connectivity index is 3.26. The lowest BCUT2D eigenvalue weighted by Crippen LogP contribution is -2.47. The number of rotatable bonds is 6. The van der Waals surface area contributed by atoms with Crippen LogP contribution >= 0.6 is 22.6 Å². The number of carbonyl (C=O) groups is 3. The van der Waals surface area contributed by atoms with Crippen molar-refractivity contribution in [3.8, 4) is 5.75 Å². The van der Waals surface area contributed by atoms with Crippen LogP contribution in [0, 0.1) is 3.57 Å². The molecule has 156 valence electrons. The minimum absolute atomic E-state index is 0.535. The number of carbonyl (C=O) groups excluding carboxylic acids is 3. The SMILES string of the molecule is COC(=O)[C@H](C)NC(=O)[C@H](c1ccc(OC)c(I)c1)N(C)C(=O)OC(C)(C)C. The van der Waals surface area contributed by atoms with Gasteiger partial charge in [-0.2, -0.15) is 0 Å². The number of hydrogen-bond donors (Lipinski definition) is 1. The number of esters is 1. The van der Waals surface area contributed by atoms with Crippen molar-refractivity contribution in [1.29, 1.82) is 0 Å². The highest BCUT2D eigenvalue weighted by atomic mass is 127. The van der Waals surface area contributed by atoms with Crippen LogP contribution in [0.5, 0.6) is 5.75 Å². The average Bonchev–Trinajstić information content (AvgIpc) is 2.59. The predicted octanol–water partition coefficient (Wildman–Crippen LogP) is 2.89. The van der Waals surface area contributed by atoms with Gasteiger partial charge in [-0.1, -0.05) is 6.07 Å². The summed E-state index contributed by atoms with van der Waals surface area (Å²) in [6.07, 6.45) is -0.663. The molecule has 0 aromatic heterocycles. The van der Waals surface area contributed by atoms with E-state index in [1.165, 1.54) is 26.0 Å². The van der Waals surface area contributed by atoms with Crippen LogP contribution < -0.4 is 10.1 Å². The van der Waals surface area contributed by atoms with Crippen LogP contribution in [0.15, 0.2) is 18.2 Å². The highest BCUT2D eigenvalue weighted by Crippen LogP contribution is 2.28. The second-order valence-electron chi connectivity index (χ2n) is 7.14. The maximum atomic E-state index is 12.9. The molecule has 0 saturated carbocycles. The lowest BCUT2D eigenvalue weighted by atomic mass is 10.0. The standard InChI is InChI=1S/C19H27IN2O6/c1-11(17(24)27-7)21-16(23)15(22(5)18(25)28-19(2,3)4)12-8-9-14(26-6)13(20)10-12/h8-11,15H,1-7H3,(H,21,23)/t11-,15-/m0/s1. The third-order valence-electron chi connectivity index (χ3n) is 3.72. The summed E-state index contributed by atoms with van der Waals surface area (Å²) in [6.45, 7) is 6.72. The predicted molar refractivity (Wildman–Crippen MR) is 112 cm³/mol.